The van der Waals surface area contributed by atoms with Crippen molar-refractivity contribution < 1.29 is 19.4 Å². The number of nitrogens with one attached hydrogen (secondary N) is 3. The smallest absolute Gasteiger partial charge is 0.258 e. The largest absolute Gasteiger partial charge is 0.490 e. The Labute approximate surface area is 162 Å². The van der Waals surface area contributed by atoms with Crippen LogP contribution >= 0.6 is 0 Å². The predicted octanol–water partition coefficient (Wildman–Crippen LogP) is 1.44. The van der Waals surface area contributed by atoms with Crippen LogP contribution in [0.5, 0.6) is 11.5 Å². The van der Waals surface area contributed by atoms with E-state index in [2.05, 4.69) is 16.0 Å². The first-order valence-electron chi connectivity index (χ1n) is 9.57. The average Bonchev–Trinajstić information content (AvgIpc) is 2.59. The van der Waals surface area contributed by atoms with Gasteiger partial charge in [0, 0.05) is 18.6 Å². The van der Waals surface area contributed by atoms with E-state index in [0.29, 0.717) is 24.7 Å². The van der Waals surface area contributed by atoms with E-state index >= 15 is 0 Å². The lowest BCUT2D eigenvalue weighted by Crippen LogP contribution is -2.43. The average molecular weight is 382 g/mol. The number of amides is 1. The minimum Gasteiger partial charge on any atom is -0.490 e. The summed E-state index contributed by atoms with van der Waals surface area (Å²) in [5.74, 6) is 1.05. The Morgan fingerprint density at radius 1 is 1.07 bits per heavy atom. The van der Waals surface area contributed by atoms with E-state index in [9.17, 15) is 4.79 Å². The molecule has 0 fully saturated rings. The maximum atomic E-state index is 11.9. The molecule has 1 rings (SSSR count). The molecular weight excluding hydrogens is 346 g/mol. The minimum atomic E-state index is -0.285. The number of aliphatic hydroxyl groups excluding tert-OH is 1. The molecule has 7 heteroatoms. The molecule has 0 bridgehead atoms. The van der Waals surface area contributed by atoms with E-state index in [1.165, 1.54) is 0 Å². The summed E-state index contributed by atoms with van der Waals surface area (Å²) in [7, 11) is 0. The number of carbonyl (C=O) groups is 1. The maximum absolute atomic E-state index is 11.9. The van der Waals surface area contributed by atoms with E-state index in [1.807, 2.05) is 45.9 Å². The summed E-state index contributed by atoms with van der Waals surface area (Å²) in [5, 5.41) is 18.1. The first-order valence-corrected chi connectivity index (χ1v) is 9.57. The van der Waals surface area contributed by atoms with Gasteiger partial charge in [0.05, 0.1) is 13.2 Å². The fourth-order valence-corrected chi connectivity index (χ4v) is 2.42. The van der Waals surface area contributed by atoms with Gasteiger partial charge in [0.25, 0.3) is 5.91 Å². The standard InChI is InChI=1S/C20H35N3O4/c1-5-26-18-13-16(14-22-10-6-9-21-11-12-24)7-8-17(18)27-15-19(25)23-20(2,3)4/h7-8,13,21-22,24H,5-6,9-12,14-15H2,1-4H3,(H,23,25). The van der Waals surface area contributed by atoms with Crippen molar-refractivity contribution in [2.24, 2.45) is 0 Å². The summed E-state index contributed by atoms with van der Waals surface area (Å²) in [6.07, 6.45) is 0.988. The molecule has 0 saturated heterocycles. The van der Waals surface area contributed by atoms with Crippen LogP contribution in [0.1, 0.15) is 39.7 Å². The van der Waals surface area contributed by atoms with Gasteiger partial charge in [-0.1, -0.05) is 6.07 Å². The Bertz CT molecular complexity index is 559. The zero-order valence-electron chi connectivity index (χ0n) is 17.1. The molecule has 0 spiro atoms. The second-order valence-electron chi connectivity index (χ2n) is 7.30. The molecule has 0 aliphatic heterocycles. The lowest BCUT2D eigenvalue weighted by molar-refractivity contribution is -0.124. The molecule has 0 unspecified atom stereocenters. The molecule has 0 heterocycles. The zero-order valence-corrected chi connectivity index (χ0v) is 17.1. The fraction of sp³-hybridized carbons (Fsp3) is 0.650. The van der Waals surface area contributed by atoms with Crippen LogP contribution in [0.4, 0.5) is 0 Å². The normalized spacial score (nSPS) is 11.3. The van der Waals surface area contributed by atoms with E-state index < -0.39 is 0 Å². The molecule has 0 saturated carbocycles. The molecule has 0 aromatic heterocycles. The van der Waals surface area contributed by atoms with Gasteiger partial charge in [0.1, 0.15) is 0 Å². The summed E-state index contributed by atoms with van der Waals surface area (Å²) >= 11 is 0. The highest BCUT2D eigenvalue weighted by Gasteiger charge is 2.15. The minimum absolute atomic E-state index is 0.0459. The van der Waals surface area contributed by atoms with E-state index in [-0.39, 0.29) is 24.7 Å². The predicted molar refractivity (Wildman–Crippen MR) is 107 cm³/mol. The SMILES string of the molecule is CCOc1cc(CNCCCNCCO)ccc1OCC(=O)NC(C)(C)C. The fourth-order valence-electron chi connectivity index (χ4n) is 2.42. The summed E-state index contributed by atoms with van der Waals surface area (Å²) in [5.41, 5.74) is 0.806. The lowest BCUT2D eigenvalue weighted by Gasteiger charge is -2.21. The van der Waals surface area contributed by atoms with Crippen molar-refractivity contribution in [3.63, 3.8) is 0 Å². The zero-order chi connectivity index (χ0) is 20.1. The van der Waals surface area contributed by atoms with Crippen LogP contribution in [0.15, 0.2) is 18.2 Å². The van der Waals surface area contributed by atoms with Crippen LogP contribution in [0.2, 0.25) is 0 Å². The molecule has 1 amide bonds. The van der Waals surface area contributed by atoms with Crippen LogP contribution in [-0.2, 0) is 11.3 Å². The Kier molecular flexibility index (Phi) is 10.8. The third-order valence-corrected chi connectivity index (χ3v) is 3.51. The Morgan fingerprint density at radius 2 is 1.81 bits per heavy atom. The van der Waals surface area contributed by atoms with Gasteiger partial charge in [-0.15, -0.1) is 0 Å². The number of aliphatic hydroxyl groups is 1. The van der Waals surface area contributed by atoms with Crippen molar-refractivity contribution in [1.29, 1.82) is 0 Å². The van der Waals surface area contributed by atoms with E-state index in [1.54, 1.807) is 0 Å². The Morgan fingerprint density at radius 3 is 2.48 bits per heavy atom. The highest BCUT2D eigenvalue weighted by molar-refractivity contribution is 5.78. The summed E-state index contributed by atoms with van der Waals surface area (Å²) < 4.78 is 11.3. The first kappa shape index (κ1) is 23.2. The lowest BCUT2D eigenvalue weighted by atomic mass is 10.1. The molecule has 1 aromatic rings. The number of benzene rings is 1. The number of rotatable bonds is 13. The van der Waals surface area contributed by atoms with Gasteiger partial charge in [0.15, 0.2) is 18.1 Å². The number of hydrogen-bond acceptors (Lipinski definition) is 6. The molecule has 0 radical (unpaired) electrons. The van der Waals surface area contributed by atoms with E-state index in [4.69, 9.17) is 14.6 Å². The molecular formula is C20H35N3O4. The van der Waals surface area contributed by atoms with Gasteiger partial charge in [-0.25, -0.2) is 0 Å². The number of ether oxygens (including phenoxy) is 2. The first-order chi connectivity index (χ1) is 12.9. The molecule has 27 heavy (non-hydrogen) atoms. The molecule has 0 aliphatic rings. The summed E-state index contributed by atoms with van der Waals surface area (Å²) in [6.45, 7) is 11.5. The number of carbonyl (C=O) groups excluding carboxylic acids is 1. The van der Waals surface area contributed by atoms with Crippen molar-refractivity contribution in [3.05, 3.63) is 23.8 Å². The number of hydrogen-bond donors (Lipinski definition) is 4. The van der Waals surface area contributed by atoms with E-state index in [0.717, 1.165) is 31.6 Å². The molecule has 7 nitrogen and oxygen atoms in total. The summed E-state index contributed by atoms with van der Waals surface area (Å²) in [6, 6.07) is 5.75. The second kappa shape index (κ2) is 12.5. The second-order valence-corrected chi connectivity index (χ2v) is 7.30. The van der Waals surface area contributed by atoms with Crippen molar-refractivity contribution in [2.45, 2.75) is 46.2 Å². The monoisotopic (exact) mass is 381 g/mol. The quantitative estimate of drug-likeness (QED) is 0.387. The molecule has 1 aromatic carbocycles. The van der Waals surface area contributed by atoms with Gasteiger partial charge in [-0.2, -0.15) is 0 Å². The van der Waals surface area contributed by atoms with Gasteiger partial charge < -0.3 is 30.5 Å². The van der Waals surface area contributed by atoms with Gasteiger partial charge in [-0.3, -0.25) is 4.79 Å². The molecule has 154 valence electrons. The Hall–Kier alpha value is -1.83. The van der Waals surface area contributed by atoms with Gasteiger partial charge in [0.2, 0.25) is 0 Å². The van der Waals surface area contributed by atoms with Gasteiger partial charge >= 0.3 is 0 Å². The molecule has 4 N–H and O–H groups in total. The van der Waals surface area contributed by atoms with Crippen molar-refractivity contribution in [3.8, 4) is 11.5 Å². The topological polar surface area (TPSA) is 91.8 Å². The third kappa shape index (κ3) is 10.8. The van der Waals surface area contributed by atoms with Crippen LogP contribution in [0, 0.1) is 0 Å². The van der Waals surface area contributed by atoms with Crippen molar-refractivity contribution >= 4 is 5.91 Å². The molecule has 0 atom stereocenters. The van der Waals surface area contributed by atoms with Gasteiger partial charge in [-0.05, 0) is 64.9 Å². The molecule has 0 aliphatic carbocycles. The summed E-state index contributed by atoms with van der Waals surface area (Å²) in [4.78, 5) is 11.9. The van der Waals surface area contributed by atoms with Crippen LogP contribution < -0.4 is 25.4 Å². The van der Waals surface area contributed by atoms with Crippen molar-refractivity contribution in [2.75, 3.05) is 39.5 Å². The van der Waals surface area contributed by atoms with Crippen LogP contribution in [0.25, 0.3) is 0 Å². The highest BCUT2D eigenvalue weighted by Crippen LogP contribution is 2.28. The maximum Gasteiger partial charge on any atom is 0.258 e. The van der Waals surface area contributed by atoms with Crippen LogP contribution in [-0.4, -0.2) is 56.0 Å². The highest BCUT2D eigenvalue weighted by atomic mass is 16.5. The van der Waals surface area contributed by atoms with Crippen molar-refractivity contribution in [1.82, 2.24) is 16.0 Å². The van der Waals surface area contributed by atoms with Crippen LogP contribution in [0.3, 0.4) is 0 Å². The Balaban J connectivity index is 2.50. The third-order valence-electron chi connectivity index (χ3n) is 3.51.